The SMILES string of the molecule is NCCCCCCCNS(=O)(=O)c1ccc(S(=O)Nc2ccc(Cl)c3c(Cl)c[nH]c23)cc1. The van der Waals surface area contributed by atoms with Crippen molar-refractivity contribution in [2.75, 3.05) is 17.8 Å². The van der Waals surface area contributed by atoms with Crippen LogP contribution in [0.1, 0.15) is 32.1 Å². The van der Waals surface area contributed by atoms with Crippen LogP contribution in [0.25, 0.3) is 10.9 Å². The van der Waals surface area contributed by atoms with Crippen LogP contribution in [-0.2, 0) is 21.0 Å². The van der Waals surface area contributed by atoms with E-state index < -0.39 is 21.0 Å². The van der Waals surface area contributed by atoms with Crippen LogP contribution in [-0.4, -0.2) is 30.7 Å². The van der Waals surface area contributed by atoms with Crippen molar-refractivity contribution in [3.05, 3.63) is 52.6 Å². The molecule has 0 radical (unpaired) electrons. The van der Waals surface area contributed by atoms with Crippen LogP contribution >= 0.6 is 23.2 Å². The summed E-state index contributed by atoms with van der Waals surface area (Å²) < 4.78 is 43.2. The van der Waals surface area contributed by atoms with E-state index in [4.69, 9.17) is 28.9 Å². The molecule has 0 spiro atoms. The summed E-state index contributed by atoms with van der Waals surface area (Å²) in [5.74, 6) is 0. The Morgan fingerprint density at radius 1 is 0.938 bits per heavy atom. The zero-order chi connectivity index (χ0) is 23.1. The Hall–Kier alpha value is -1.62. The van der Waals surface area contributed by atoms with Crippen molar-refractivity contribution in [2.24, 2.45) is 5.73 Å². The molecular weight excluding hydrogens is 491 g/mol. The van der Waals surface area contributed by atoms with Crippen molar-refractivity contribution >= 4 is 60.8 Å². The van der Waals surface area contributed by atoms with Gasteiger partial charge >= 0.3 is 0 Å². The molecule has 2 aromatic carbocycles. The van der Waals surface area contributed by atoms with Gasteiger partial charge in [0.25, 0.3) is 0 Å². The fourth-order valence-electron chi connectivity index (χ4n) is 3.24. The Morgan fingerprint density at radius 2 is 1.62 bits per heavy atom. The van der Waals surface area contributed by atoms with Crippen LogP contribution in [0.15, 0.2) is 52.4 Å². The van der Waals surface area contributed by atoms with E-state index in [9.17, 15) is 12.6 Å². The maximum Gasteiger partial charge on any atom is 0.240 e. The molecule has 0 aliphatic carbocycles. The number of rotatable bonds is 12. The monoisotopic (exact) mass is 516 g/mol. The molecule has 174 valence electrons. The fourth-order valence-corrected chi connectivity index (χ4v) is 5.75. The van der Waals surface area contributed by atoms with E-state index >= 15 is 0 Å². The lowest BCUT2D eigenvalue weighted by atomic mass is 10.1. The van der Waals surface area contributed by atoms with Gasteiger partial charge in [0.2, 0.25) is 10.0 Å². The van der Waals surface area contributed by atoms with Crippen molar-refractivity contribution in [2.45, 2.75) is 41.9 Å². The number of hydrogen-bond acceptors (Lipinski definition) is 4. The van der Waals surface area contributed by atoms with Gasteiger partial charge in [-0.15, -0.1) is 0 Å². The van der Waals surface area contributed by atoms with E-state index in [0.29, 0.717) is 44.6 Å². The number of nitrogens with one attached hydrogen (secondary N) is 3. The number of halogens is 2. The second kappa shape index (κ2) is 11.5. The summed E-state index contributed by atoms with van der Waals surface area (Å²) >= 11 is 12.3. The Bertz CT molecular complexity index is 1180. The fraction of sp³-hybridized carbons (Fsp3) is 0.333. The maximum absolute atomic E-state index is 12.8. The van der Waals surface area contributed by atoms with Gasteiger partial charge in [-0.1, -0.05) is 42.5 Å². The first-order chi connectivity index (χ1) is 15.3. The Labute approximate surface area is 200 Å². The summed E-state index contributed by atoms with van der Waals surface area (Å²) in [6.07, 6.45) is 6.44. The number of benzene rings is 2. The molecule has 1 heterocycles. The van der Waals surface area contributed by atoms with Gasteiger partial charge < -0.3 is 10.7 Å². The van der Waals surface area contributed by atoms with Gasteiger partial charge in [0.15, 0.2) is 0 Å². The summed E-state index contributed by atoms with van der Waals surface area (Å²) in [7, 11) is -5.23. The smallest absolute Gasteiger partial charge is 0.240 e. The first-order valence-electron chi connectivity index (χ1n) is 10.3. The second-order valence-corrected chi connectivity index (χ2v) is 11.1. The van der Waals surface area contributed by atoms with Crippen molar-refractivity contribution in [1.82, 2.24) is 9.71 Å². The first-order valence-corrected chi connectivity index (χ1v) is 13.7. The highest BCUT2D eigenvalue weighted by Gasteiger charge is 2.16. The molecule has 0 aliphatic heterocycles. The number of fused-ring (bicyclic) bond motifs is 1. The van der Waals surface area contributed by atoms with Gasteiger partial charge in [-0.2, -0.15) is 0 Å². The van der Waals surface area contributed by atoms with Crippen LogP contribution in [0.4, 0.5) is 5.69 Å². The standard InChI is InChI=1S/C21H26Cl2N4O3S2/c22-17-10-11-19(21-20(17)18(23)14-25-21)27-31(28)15-6-8-16(9-7-15)32(29,30)26-13-5-3-1-2-4-12-24/h6-11,14,25-27H,1-5,12-13,24H2. The molecule has 1 unspecified atom stereocenters. The van der Waals surface area contributed by atoms with Crippen molar-refractivity contribution < 1.29 is 12.6 Å². The number of nitrogens with two attached hydrogens (primary N) is 1. The van der Waals surface area contributed by atoms with Gasteiger partial charge in [-0.25, -0.2) is 17.3 Å². The molecule has 0 aliphatic rings. The van der Waals surface area contributed by atoms with Crippen molar-refractivity contribution in [1.29, 1.82) is 0 Å². The highest BCUT2D eigenvalue weighted by atomic mass is 35.5. The van der Waals surface area contributed by atoms with E-state index in [1.807, 2.05) is 0 Å². The van der Waals surface area contributed by atoms with E-state index in [0.717, 1.165) is 32.1 Å². The minimum atomic E-state index is -3.61. The van der Waals surface area contributed by atoms with E-state index in [1.165, 1.54) is 24.3 Å². The van der Waals surface area contributed by atoms with Crippen LogP contribution in [0.2, 0.25) is 10.0 Å². The lowest BCUT2D eigenvalue weighted by Gasteiger charge is -2.10. The third kappa shape index (κ3) is 6.24. The zero-order valence-electron chi connectivity index (χ0n) is 17.4. The number of sulfonamides is 1. The van der Waals surface area contributed by atoms with Crippen LogP contribution in [0, 0.1) is 0 Å². The average molecular weight is 518 g/mol. The van der Waals surface area contributed by atoms with Crippen molar-refractivity contribution in [3.63, 3.8) is 0 Å². The number of hydrogen-bond donors (Lipinski definition) is 4. The number of unbranched alkanes of at least 4 members (excludes halogenated alkanes) is 4. The Morgan fingerprint density at radius 3 is 2.34 bits per heavy atom. The van der Waals surface area contributed by atoms with Gasteiger partial charge in [-0.3, -0.25) is 4.72 Å². The van der Waals surface area contributed by atoms with Gasteiger partial charge in [0, 0.05) is 18.1 Å². The Balaban J connectivity index is 1.60. The highest BCUT2D eigenvalue weighted by Crippen LogP contribution is 2.35. The molecule has 0 saturated carbocycles. The molecule has 0 saturated heterocycles. The molecule has 1 atom stereocenters. The summed E-state index contributed by atoms with van der Waals surface area (Å²) in [5.41, 5.74) is 6.67. The summed E-state index contributed by atoms with van der Waals surface area (Å²) in [4.78, 5) is 3.58. The number of anilines is 1. The molecule has 5 N–H and O–H groups in total. The molecular formula is C21H26Cl2N4O3S2. The first kappa shape index (κ1) is 25.0. The largest absolute Gasteiger partial charge is 0.358 e. The molecule has 7 nitrogen and oxygen atoms in total. The zero-order valence-corrected chi connectivity index (χ0v) is 20.5. The topological polar surface area (TPSA) is 117 Å². The third-order valence-electron chi connectivity index (χ3n) is 4.96. The highest BCUT2D eigenvalue weighted by molar-refractivity contribution is 7.89. The number of H-pyrrole nitrogens is 1. The molecule has 3 aromatic rings. The normalized spacial score (nSPS) is 12.8. The molecule has 0 fully saturated rings. The van der Waals surface area contributed by atoms with E-state index in [1.54, 1.807) is 18.3 Å². The molecule has 32 heavy (non-hydrogen) atoms. The minimum absolute atomic E-state index is 0.131. The van der Waals surface area contributed by atoms with Gasteiger partial charge in [0.05, 0.1) is 31.0 Å². The van der Waals surface area contributed by atoms with E-state index in [-0.39, 0.29) is 4.90 Å². The third-order valence-corrected chi connectivity index (χ3v) is 8.16. The lowest BCUT2D eigenvalue weighted by Crippen LogP contribution is -2.24. The summed E-state index contributed by atoms with van der Waals surface area (Å²) in [6.45, 7) is 1.07. The van der Waals surface area contributed by atoms with E-state index in [2.05, 4.69) is 14.4 Å². The van der Waals surface area contributed by atoms with Crippen LogP contribution in [0.5, 0.6) is 0 Å². The predicted molar refractivity (Wildman–Crippen MR) is 132 cm³/mol. The summed E-state index contributed by atoms with van der Waals surface area (Å²) in [5, 5.41) is 1.60. The van der Waals surface area contributed by atoms with Gasteiger partial charge in [0.1, 0.15) is 11.0 Å². The van der Waals surface area contributed by atoms with Crippen LogP contribution < -0.4 is 15.2 Å². The molecule has 0 amide bonds. The maximum atomic E-state index is 12.8. The second-order valence-electron chi connectivity index (χ2n) is 7.28. The lowest BCUT2D eigenvalue weighted by molar-refractivity contribution is 0.569. The van der Waals surface area contributed by atoms with Crippen molar-refractivity contribution in [3.8, 4) is 0 Å². The number of aromatic nitrogens is 1. The number of aromatic amines is 1. The minimum Gasteiger partial charge on any atom is -0.358 e. The van der Waals surface area contributed by atoms with Gasteiger partial charge in [-0.05, 0) is 55.8 Å². The summed E-state index contributed by atoms with van der Waals surface area (Å²) in [6, 6.07) is 9.32. The average Bonchev–Trinajstić information content (AvgIpc) is 3.18. The quantitative estimate of drug-likeness (QED) is 0.258. The predicted octanol–water partition coefficient (Wildman–Crippen LogP) is 4.80. The molecule has 0 bridgehead atoms. The molecule has 11 heteroatoms. The Kier molecular flexibility index (Phi) is 8.98. The molecule has 1 aromatic heterocycles. The molecule has 3 rings (SSSR count). The van der Waals surface area contributed by atoms with Crippen LogP contribution in [0.3, 0.4) is 0 Å².